The Kier molecular flexibility index (Phi) is 12.3. The van der Waals surface area contributed by atoms with Gasteiger partial charge < -0.3 is 10.2 Å². The van der Waals surface area contributed by atoms with Crippen molar-refractivity contribution in [2.45, 2.75) is 111 Å². The van der Waals surface area contributed by atoms with Gasteiger partial charge in [0, 0.05) is 23.6 Å². The van der Waals surface area contributed by atoms with E-state index in [2.05, 4.69) is 62.3 Å². The highest BCUT2D eigenvalue weighted by molar-refractivity contribution is 6.09. The number of aliphatic imine (C=N–C) groups is 1. The summed E-state index contributed by atoms with van der Waals surface area (Å²) in [6.07, 6.45) is 13.4. The van der Waals surface area contributed by atoms with Gasteiger partial charge in [-0.2, -0.15) is 0 Å². The number of allylic oxidation sites excluding steroid dienone is 8. The van der Waals surface area contributed by atoms with Gasteiger partial charge in [0.05, 0.1) is 22.6 Å². The van der Waals surface area contributed by atoms with Crippen LogP contribution in [0.2, 0.25) is 0 Å². The molecule has 1 aromatic carbocycles. The number of amides is 1. The number of carbonyl (C=O) groups is 1. The van der Waals surface area contributed by atoms with Crippen molar-refractivity contribution in [2.75, 3.05) is 4.90 Å². The van der Waals surface area contributed by atoms with Crippen LogP contribution >= 0.6 is 0 Å². The Morgan fingerprint density at radius 1 is 1.09 bits per heavy atom. The van der Waals surface area contributed by atoms with Crippen LogP contribution in [0.3, 0.4) is 0 Å². The highest BCUT2D eigenvalue weighted by Gasteiger charge is 2.52. The molecule has 0 unspecified atom stereocenters. The number of halogens is 2. The Bertz CT molecular complexity index is 1390. The first-order valence-electron chi connectivity index (χ1n) is 16.2. The van der Waals surface area contributed by atoms with Crippen molar-refractivity contribution in [2.24, 2.45) is 10.9 Å². The first-order chi connectivity index (χ1) is 21.0. The normalized spacial score (nSPS) is 21.1. The third-order valence-corrected chi connectivity index (χ3v) is 9.05. The number of hydrogen-bond acceptors (Lipinski definition) is 3. The van der Waals surface area contributed by atoms with Gasteiger partial charge >= 0.3 is 0 Å². The Morgan fingerprint density at radius 3 is 2.30 bits per heavy atom. The van der Waals surface area contributed by atoms with Gasteiger partial charge in [-0.1, -0.05) is 72.2 Å². The first-order valence-corrected chi connectivity index (χ1v) is 16.2. The zero-order chi connectivity index (χ0) is 32.6. The first kappa shape index (κ1) is 34.9. The predicted molar refractivity (Wildman–Crippen MR) is 183 cm³/mol. The molecule has 1 heterocycles. The molecule has 0 spiro atoms. The second-order valence-electron chi connectivity index (χ2n) is 12.2. The monoisotopic (exact) mass is 603 g/mol. The van der Waals surface area contributed by atoms with Gasteiger partial charge in [-0.15, -0.1) is 0 Å². The minimum Gasteiger partial charge on any atom is -0.356 e. The average molecular weight is 604 g/mol. The molecule has 1 saturated carbocycles. The van der Waals surface area contributed by atoms with E-state index in [-0.39, 0.29) is 17.6 Å². The van der Waals surface area contributed by atoms with Gasteiger partial charge in [-0.25, -0.2) is 8.78 Å². The third-order valence-electron chi connectivity index (χ3n) is 9.05. The molecule has 2 aliphatic rings. The minimum absolute atomic E-state index is 0.0122. The standard InChI is InChI=1S/C38H51F2N3O/c1-10-17-38(18-11-2)32-16-15-30(24-36(32)43(37(38)44)31-22-29(13-4)23-31)25(6)20-34(41-19-12-3)27(8)28(9)42-35(21-26(7)39)33(40)14-5/h14-16,19-21,24,29,31,42H,5-6,10-13,17-18,22-23H2,1-4,7-9H3/b26-21+,28-27+,34-20+,35-33-,41-19?. The van der Waals surface area contributed by atoms with Gasteiger partial charge in [0.25, 0.3) is 0 Å². The molecule has 1 aliphatic carbocycles. The lowest BCUT2D eigenvalue weighted by molar-refractivity contribution is -0.124. The lowest BCUT2D eigenvalue weighted by Gasteiger charge is -2.42. The Hall–Kier alpha value is -3.54. The van der Waals surface area contributed by atoms with Crippen LogP contribution in [0.4, 0.5) is 14.5 Å². The van der Waals surface area contributed by atoms with Crippen molar-refractivity contribution in [3.63, 3.8) is 0 Å². The highest BCUT2D eigenvalue weighted by atomic mass is 19.1. The predicted octanol–water partition coefficient (Wildman–Crippen LogP) is 10.6. The van der Waals surface area contributed by atoms with Crippen LogP contribution in [0.5, 0.6) is 0 Å². The van der Waals surface area contributed by atoms with Crippen LogP contribution in [-0.4, -0.2) is 18.2 Å². The fourth-order valence-corrected chi connectivity index (χ4v) is 6.50. The molecule has 44 heavy (non-hydrogen) atoms. The van der Waals surface area contributed by atoms with Crippen molar-refractivity contribution in [1.82, 2.24) is 5.32 Å². The molecule has 1 aromatic rings. The number of carbonyl (C=O) groups excluding carboxylic acids is 1. The number of nitrogens with one attached hydrogen (secondary N) is 1. The van der Waals surface area contributed by atoms with Crippen LogP contribution in [0, 0.1) is 5.92 Å². The maximum absolute atomic E-state index is 14.4. The maximum atomic E-state index is 14.4. The van der Waals surface area contributed by atoms with Crippen LogP contribution in [0.25, 0.3) is 5.57 Å². The fourth-order valence-electron chi connectivity index (χ4n) is 6.50. The molecular weight excluding hydrogens is 552 g/mol. The lowest BCUT2D eigenvalue weighted by atomic mass is 9.73. The number of hydrogen-bond donors (Lipinski definition) is 1. The fraction of sp³-hybridized carbons (Fsp3) is 0.474. The van der Waals surface area contributed by atoms with E-state index in [4.69, 9.17) is 4.99 Å². The Morgan fingerprint density at radius 2 is 1.75 bits per heavy atom. The van der Waals surface area contributed by atoms with E-state index in [1.807, 2.05) is 26.1 Å². The van der Waals surface area contributed by atoms with E-state index in [1.54, 1.807) is 6.92 Å². The summed E-state index contributed by atoms with van der Waals surface area (Å²) in [7, 11) is 0. The summed E-state index contributed by atoms with van der Waals surface area (Å²) in [5, 5.41) is 2.99. The topological polar surface area (TPSA) is 44.7 Å². The average Bonchev–Trinajstić information content (AvgIpc) is 3.20. The summed E-state index contributed by atoms with van der Waals surface area (Å²) in [5.41, 5.74) is 5.41. The molecule has 1 fully saturated rings. The van der Waals surface area contributed by atoms with Crippen LogP contribution in [0.15, 0.2) is 88.9 Å². The summed E-state index contributed by atoms with van der Waals surface area (Å²) in [6, 6.07) is 6.60. The molecule has 0 bridgehead atoms. The quantitative estimate of drug-likeness (QED) is 0.160. The van der Waals surface area contributed by atoms with Crippen molar-refractivity contribution in [1.29, 1.82) is 0 Å². The number of benzene rings is 1. The summed E-state index contributed by atoms with van der Waals surface area (Å²) < 4.78 is 28.1. The summed E-state index contributed by atoms with van der Waals surface area (Å²) in [5.74, 6) is -0.246. The minimum atomic E-state index is -0.655. The maximum Gasteiger partial charge on any atom is 0.237 e. The van der Waals surface area contributed by atoms with Gasteiger partial charge in [0.2, 0.25) is 5.91 Å². The number of anilines is 1. The largest absolute Gasteiger partial charge is 0.356 e. The SMILES string of the molecule is C=C/C(F)=C(\C=C(/C)F)N/C(C)=C(C)/C(=C\C(=C)c1ccc2c(c1)N(C1CC(CC)C1)C(=O)C2(CCC)CCC)N=CCC. The molecule has 0 aromatic heterocycles. The van der Waals surface area contributed by atoms with E-state index in [0.717, 1.165) is 91.5 Å². The van der Waals surface area contributed by atoms with Crippen molar-refractivity contribution >= 4 is 23.4 Å². The summed E-state index contributed by atoms with van der Waals surface area (Å²) in [4.78, 5) is 21.1. The van der Waals surface area contributed by atoms with Crippen LogP contribution in [0.1, 0.15) is 111 Å². The molecule has 1 aliphatic heterocycles. The second-order valence-corrected chi connectivity index (χ2v) is 12.2. The molecular formula is C38H51F2N3O. The van der Waals surface area contributed by atoms with Crippen LogP contribution in [-0.2, 0) is 10.2 Å². The molecule has 238 valence electrons. The van der Waals surface area contributed by atoms with E-state index in [9.17, 15) is 13.6 Å². The summed E-state index contributed by atoms with van der Waals surface area (Å²) in [6.45, 7) is 21.4. The number of rotatable bonds is 15. The molecule has 3 rings (SSSR count). The van der Waals surface area contributed by atoms with E-state index in [1.165, 1.54) is 6.92 Å². The van der Waals surface area contributed by atoms with Gasteiger partial charge in [-0.3, -0.25) is 9.79 Å². The van der Waals surface area contributed by atoms with Crippen LogP contribution < -0.4 is 10.2 Å². The Labute approximate surface area is 264 Å². The van der Waals surface area contributed by atoms with E-state index in [0.29, 0.717) is 17.3 Å². The molecule has 1 amide bonds. The molecule has 4 nitrogen and oxygen atoms in total. The van der Waals surface area contributed by atoms with Crippen molar-refractivity contribution in [3.05, 3.63) is 95.0 Å². The third kappa shape index (κ3) is 7.39. The van der Waals surface area contributed by atoms with Gasteiger partial charge in [0.1, 0.15) is 5.83 Å². The molecule has 0 atom stereocenters. The highest BCUT2D eigenvalue weighted by Crippen LogP contribution is 2.52. The van der Waals surface area contributed by atoms with Crippen molar-refractivity contribution in [3.8, 4) is 0 Å². The zero-order valence-electron chi connectivity index (χ0n) is 27.8. The molecule has 1 N–H and O–H groups in total. The van der Waals surface area contributed by atoms with E-state index < -0.39 is 17.1 Å². The molecule has 0 radical (unpaired) electrons. The number of nitrogens with zero attached hydrogens (tertiary/aromatic N) is 2. The zero-order valence-corrected chi connectivity index (χ0v) is 27.8. The molecule has 6 heteroatoms. The lowest BCUT2D eigenvalue weighted by Crippen LogP contribution is -2.50. The van der Waals surface area contributed by atoms with Crippen molar-refractivity contribution < 1.29 is 13.6 Å². The van der Waals surface area contributed by atoms with E-state index >= 15 is 0 Å². The summed E-state index contributed by atoms with van der Waals surface area (Å²) >= 11 is 0. The van der Waals surface area contributed by atoms with Gasteiger partial charge in [-0.05, 0) is 105 Å². The smallest absolute Gasteiger partial charge is 0.237 e. The number of fused-ring (bicyclic) bond motifs is 1. The van der Waals surface area contributed by atoms with Gasteiger partial charge in [0.15, 0.2) is 0 Å². The Balaban J connectivity index is 2.08. The molecule has 0 saturated heterocycles. The second kappa shape index (κ2) is 15.5.